The summed E-state index contributed by atoms with van der Waals surface area (Å²) in [6.45, 7) is 1.67. The molecule has 0 aromatic heterocycles. The summed E-state index contributed by atoms with van der Waals surface area (Å²) in [7, 11) is 0. The molecule has 1 atom stereocenters. The summed E-state index contributed by atoms with van der Waals surface area (Å²) in [5.74, 6) is -2.81. The number of ether oxygens (including phenoxy) is 1. The van der Waals surface area contributed by atoms with Gasteiger partial charge in [0.2, 0.25) is 0 Å². The number of benzene rings is 1. The number of halogens is 1. The van der Waals surface area contributed by atoms with Gasteiger partial charge in [-0.3, -0.25) is 14.4 Å². The van der Waals surface area contributed by atoms with Gasteiger partial charge in [0.05, 0.1) is 12.0 Å². The zero-order chi connectivity index (χ0) is 20.0. The fraction of sp³-hybridized carbons (Fsp3) is 0.421. The van der Waals surface area contributed by atoms with Gasteiger partial charge in [0, 0.05) is 29.4 Å². The van der Waals surface area contributed by atoms with Crippen LogP contribution in [0.5, 0.6) is 0 Å². The van der Waals surface area contributed by atoms with E-state index in [-0.39, 0.29) is 11.6 Å². The molecule has 2 rings (SSSR count). The molecule has 1 N–H and O–H groups in total. The van der Waals surface area contributed by atoms with Crippen molar-refractivity contribution in [2.45, 2.75) is 19.8 Å². The summed E-state index contributed by atoms with van der Waals surface area (Å²) in [5.41, 5.74) is 0.461. The molecule has 1 fully saturated rings. The Morgan fingerprint density at radius 3 is 2.41 bits per heavy atom. The molecule has 1 aliphatic heterocycles. The molecule has 1 heterocycles. The van der Waals surface area contributed by atoms with Gasteiger partial charge in [-0.2, -0.15) is 5.26 Å². The molecular weight excluding hydrogens is 370 g/mol. The van der Waals surface area contributed by atoms with Crippen LogP contribution in [0.3, 0.4) is 0 Å². The van der Waals surface area contributed by atoms with E-state index in [0.29, 0.717) is 36.5 Å². The molecule has 0 saturated carbocycles. The van der Waals surface area contributed by atoms with Crippen molar-refractivity contribution in [2.24, 2.45) is 11.8 Å². The number of hydrogen-bond acceptors (Lipinski definition) is 6. The minimum Gasteiger partial charge on any atom is -0.457 e. The number of piperidine rings is 1. The predicted octanol–water partition coefficient (Wildman–Crippen LogP) is 2.48. The molecule has 1 saturated heterocycles. The third-order valence-corrected chi connectivity index (χ3v) is 4.70. The summed E-state index contributed by atoms with van der Waals surface area (Å²) in [6.07, 6.45) is 0.884. The average Bonchev–Trinajstić information content (AvgIpc) is 2.66. The van der Waals surface area contributed by atoms with Gasteiger partial charge in [-0.1, -0.05) is 11.6 Å². The maximum absolute atomic E-state index is 12.4. The van der Waals surface area contributed by atoms with Gasteiger partial charge in [0.1, 0.15) is 5.92 Å². The van der Waals surface area contributed by atoms with E-state index < -0.39 is 30.2 Å². The highest BCUT2D eigenvalue weighted by atomic mass is 35.5. The number of esters is 1. The van der Waals surface area contributed by atoms with Crippen molar-refractivity contribution in [2.75, 3.05) is 19.7 Å². The fourth-order valence-electron chi connectivity index (χ4n) is 2.85. The molecule has 0 radical (unpaired) electrons. The Kier molecular flexibility index (Phi) is 7.08. The Labute approximate surface area is 162 Å². The second kappa shape index (κ2) is 9.28. The van der Waals surface area contributed by atoms with E-state index in [2.05, 4.69) is 0 Å². The van der Waals surface area contributed by atoms with Crippen molar-refractivity contribution < 1.29 is 19.1 Å². The molecular formula is C19H20ClN3O4. The SMILES string of the molecule is CC(=N)C(C#N)C(=O)COC(=O)C1CCN(C(=O)c2ccc(Cl)cc2)CC1. The Bertz CT molecular complexity index is 777. The molecule has 1 amide bonds. The summed E-state index contributed by atoms with van der Waals surface area (Å²) in [4.78, 5) is 38.1. The highest BCUT2D eigenvalue weighted by Crippen LogP contribution is 2.21. The van der Waals surface area contributed by atoms with Crippen LogP contribution in [-0.4, -0.2) is 48.0 Å². The maximum Gasteiger partial charge on any atom is 0.309 e. The Hall–Kier alpha value is -2.72. The Morgan fingerprint density at radius 2 is 1.89 bits per heavy atom. The van der Waals surface area contributed by atoms with Crippen LogP contribution < -0.4 is 0 Å². The molecule has 1 aromatic carbocycles. The summed E-state index contributed by atoms with van der Waals surface area (Å²) >= 11 is 5.82. The van der Waals surface area contributed by atoms with Gasteiger partial charge in [0.15, 0.2) is 12.4 Å². The minimum absolute atomic E-state index is 0.0763. The standard InChI is InChI=1S/C19H20ClN3O4/c1-12(22)16(10-21)17(24)11-27-19(26)14-6-8-23(9-7-14)18(25)13-2-4-15(20)5-3-13/h2-5,14,16,22H,6-9,11H2,1H3. The van der Waals surface area contributed by atoms with Crippen LogP contribution in [0.25, 0.3) is 0 Å². The van der Waals surface area contributed by atoms with Crippen molar-refractivity contribution in [1.29, 1.82) is 10.7 Å². The number of nitriles is 1. The molecule has 7 nitrogen and oxygen atoms in total. The number of likely N-dealkylation sites (tertiary alicyclic amines) is 1. The number of carbonyl (C=O) groups is 3. The molecule has 1 aromatic rings. The number of amides is 1. The van der Waals surface area contributed by atoms with Crippen LogP contribution in [-0.2, 0) is 14.3 Å². The van der Waals surface area contributed by atoms with Crippen LogP contribution in [0.15, 0.2) is 24.3 Å². The van der Waals surface area contributed by atoms with Crippen LogP contribution in [0.1, 0.15) is 30.1 Å². The van der Waals surface area contributed by atoms with E-state index in [9.17, 15) is 14.4 Å². The largest absolute Gasteiger partial charge is 0.457 e. The van der Waals surface area contributed by atoms with Crippen molar-refractivity contribution in [3.63, 3.8) is 0 Å². The normalized spacial score (nSPS) is 15.5. The van der Waals surface area contributed by atoms with Gasteiger partial charge in [-0.15, -0.1) is 0 Å². The number of ketones is 1. The smallest absolute Gasteiger partial charge is 0.309 e. The molecule has 1 unspecified atom stereocenters. The number of hydrogen-bond donors (Lipinski definition) is 1. The van der Waals surface area contributed by atoms with Crippen LogP contribution in [0.4, 0.5) is 0 Å². The van der Waals surface area contributed by atoms with Crippen LogP contribution in [0.2, 0.25) is 5.02 Å². The lowest BCUT2D eigenvalue weighted by Crippen LogP contribution is -2.41. The third-order valence-electron chi connectivity index (χ3n) is 4.45. The molecule has 8 heteroatoms. The zero-order valence-corrected chi connectivity index (χ0v) is 15.7. The molecule has 0 aliphatic carbocycles. The molecule has 0 bridgehead atoms. The Balaban J connectivity index is 1.82. The lowest BCUT2D eigenvalue weighted by molar-refractivity contribution is -0.153. The molecule has 142 valence electrons. The highest BCUT2D eigenvalue weighted by Gasteiger charge is 2.30. The summed E-state index contributed by atoms with van der Waals surface area (Å²) in [6, 6.07) is 8.35. The first-order valence-corrected chi connectivity index (χ1v) is 8.90. The van der Waals surface area contributed by atoms with Gasteiger partial charge < -0.3 is 15.0 Å². The van der Waals surface area contributed by atoms with Gasteiger partial charge in [0.25, 0.3) is 5.91 Å². The summed E-state index contributed by atoms with van der Waals surface area (Å²) < 4.78 is 5.02. The van der Waals surface area contributed by atoms with Crippen molar-refractivity contribution in [1.82, 2.24) is 4.90 Å². The fourth-order valence-corrected chi connectivity index (χ4v) is 2.97. The first kappa shape index (κ1) is 20.6. The zero-order valence-electron chi connectivity index (χ0n) is 14.9. The number of carbonyl (C=O) groups excluding carboxylic acids is 3. The molecule has 0 spiro atoms. The number of Topliss-reactive ketones (excluding diaryl/α,β-unsaturated/α-hetero) is 1. The topological polar surface area (TPSA) is 111 Å². The van der Waals surface area contributed by atoms with Gasteiger partial charge in [-0.25, -0.2) is 0 Å². The maximum atomic E-state index is 12.4. The second-order valence-electron chi connectivity index (χ2n) is 6.39. The van der Waals surface area contributed by atoms with E-state index in [1.165, 1.54) is 6.92 Å². The molecule has 27 heavy (non-hydrogen) atoms. The minimum atomic E-state index is -1.18. The average molecular weight is 390 g/mol. The Morgan fingerprint density at radius 1 is 1.30 bits per heavy atom. The van der Waals surface area contributed by atoms with Crippen molar-refractivity contribution >= 4 is 35.0 Å². The quantitative estimate of drug-likeness (QED) is 0.593. The van der Waals surface area contributed by atoms with Crippen LogP contribution in [0, 0.1) is 28.6 Å². The predicted molar refractivity (Wildman–Crippen MR) is 98.5 cm³/mol. The van der Waals surface area contributed by atoms with Crippen LogP contribution >= 0.6 is 11.6 Å². The number of rotatable bonds is 6. The first-order chi connectivity index (χ1) is 12.8. The van der Waals surface area contributed by atoms with E-state index in [0.717, 1.165) is 0 Å². The number of nitrogens with one attached hydrogen (secondary N) is 1. The summed E-state index contributed by atoms with van der Waals surface area (Å²) in [5, 5.41) is 16.8. The van der Waals surface area contributed by atoms with E-state index in [4.69, 9.17) is 27.0 Å². The van der Waals surface area contributed by atoms with E-state index in [1.54, 1.807) is 35.2 Å². The van der Waals surface area contributed by atoms with E-state index in [1.807, 2.05) is 0 Å². The van der Waals surface area contributed by atoms with Gasteiger partial charge >= 0.3 is 5.97 Å². The third kappa shape index (κ3) is 5.38. The molecule has 1 aliphatic rings. The lowest BCUT2D eigenvalue weighted by Gasteiger charge is -2.31. The first-order valence-electron chi connectivity index (χ1n) is 8.52. The highest BCUT2D eigenvalue weighted by molar-refractivity contribution is 6.30. The van der Waals surface area contributed by atoms with E-state index >= 15 is 0 Å². The second-order valence-corrected chi connectivity index (χ2v) is 6.83. The van der Waals surface area contributed by atoms with Crippen molar-refractivity contribution in [3.8, 4) is 6.07 Å². The monoisotopic (exact) mass is 389 g/mol. The number of nitrogens with zero attached hydrogens (tertiary/aromatic N) is 2. The van der Waals surface area contributed by atoms with Gasteiger partial charge in [-0.05, 0) is 44.0 Å². The lowest BCUT2D eigenvalue weighted by atomic mass is 9.96. The van der Waals surface area contributed by atoms with Crippen molar-refractivity contribution in [3.05, 3.63) is 34.9 Å².